The van der Waals surface area contributed by atoms with Gasteiger partial charge in [-0.05, 0) is 41.7 Å². The molecule has 1 saturated heterocycles. The molecule has 1 fully saturated rings. The fourth-order valence-electron chi connectivity index (χ4n) is 1.97. The van der Waals surface area contributed by atoms with E-state index in [0.29, 0.717) is 0 Å². The van der Waals surface area contributed by atoms with Gasteiger partial charge in [-0.25, -0.2) is 0 Å². The third-order valence-electron chi connectivity index (χ3n) is 3.24. The molecule has 0 spiro atoms. The number of aryl methyl sites for hydroxylation is 1. The molecule has 1 aromatic rings. The molecule has 4 heteroatoms. The van der Waals surface area contributed by atoms with Gasteiger partial charge in [0.15, 0.2) is 0 Å². The smallest absolute Gasteiger partial charge is 0.0484 e. The van der Waals surface area contributed by atoms with Crippen LogP contribution >= 0.6 is 11.3 Å². The SMILES string of the molecule is Cc1cscc1CNCC1(N)CCOCC1. The molecule has 3 N–H and O–H groups in total. The summed E-state index contributed by atoms with van der Waals surface area (Å²) in [5, 5.41) is 7.85. The second-order valence-electron chi connectivity index (χ2n) is 4.66. The first kappa shape index (κ1) is 12.0. The van der Waals surface area contributed by atoms with Gasteiger partial charge in [0.25, 0.3) is 0 Å². The lowest BCUT2D eigenvalue weighted by atomic mass is 9.91. The first-order valence-corrected chi connectivity index (χ1v) is 6.73. The quantitative estimate of drug-likeness (QED) is 0.841. The highest BCUT2D eigenvalue weighted by Crippen LogP contribution is 2.17. The highest BCUT2D eigenvalue weighted by Gasteiger charge is 2.27. The summed E-state index contributed by atoms with van der Waals surface area (Å²) < 4.78 is 5.33. The van der Waals surface area contributed by atoms with Gasteiger partial charge < -0.3 is 15.8 Å². The van der Waals surface area contributed by atoms with Crippen molar-refractivity contribution in [2.24, 2.45) is 5.73 Å². The Hall–Kier alpha value is -0.420. The molecule has 1 aliphatic heterocycles. The Bertz CT molecular complexity index is 332. The van der Waals surface area contributed by atoms with E-state index in [1.165, 1.54) is 11.1 Å². The summed E-state index contributed by atoms with van der Waals surface area (Å²) in [4.78, 5) is 0. The molecule has 3 nitrogen and oxygen atoms in total. The van der Waals surface area contributed by atoms with Crippen LogP contribution < -0.4 is 11.1 Å². The maximum atomic E-state index is 6.30. The van der Waals surface area contributed by atoms with E-state index >= 15 is 0 Å². The van der Waals surface area contributed by atoms with Gasteiger partial charge in [-0.15, -0.1) is 0 Å². The fraction of sp³-hybridized carbons (Fsp3) is 0.667. The second kappa shape index (κ2) is 5.27. The Kier molecular flexibility index (Phi) is 3.97. The fourth-order valence-corrected chi connectivity index (χ4v) is 2.83. The highest BCUT2D eigenvalue weighted by atomic mass is 32.1. The summed E-state index contributed by atoms with van der Waals surface area (Å²) >= 11 is 1.76. The third kappa shape index (κ3) is 3.04. The first-order valence-electron chi connectivity index (χ1n) is 5.79. The van der Waals surface area contributed by atoms with E-state index < -0.39 is 0 Å². The van der Waals surface area contributed by atoms with Crippen molar-refractivity contribution in [1.82, 2.24) is 5.32 Å². The zero-order chi connectivity index (χ0) is 11.4. The molecule has 16 heavy (non-hydrogen) atoms. The van der Waals surface area contributed by atoms with Crippen molar-refractivity contribution in [2.75, 3.05) is 19.8 Å². The molecule has 0 saturated carbocycles. The van der Waals surface area contributed by atoms with Crippen LogP contribution in [0.4, 0.5) is 0 Å². The Morgan fingerprint density at radius 3 is 2.81 bits per heavy atom. The summed E-state index contributed by atoms with van der Waals surface area (Å²) in [6.45, 7) is 5.56. The molecule has 0 atom stereocenters. The zero-order valence-electron chi connectivity index (χ0n) is 9.79. The topological polar surface area (TPSA) is 47.3 Å². The molecule has 90 valence electrons. The number of thiophene rings is 1. The van der Waals surface area contributed by atoms with Crippen LogP contribution in [0.1, 0.15) is 24.0 Å². The van der Waals surface area contributed by atoms with Gasteiger partial charge >= 0.3 is 0 Å². The van der Waals surface area contributed by atoms with Crippen molar-refractivity contribution in [3.8, 4) is 0 Å². The Labute approximate surface area is 101 Å². The van der Waals surface area contributed by atoms with E-state index in [9.17, 15) is 0 Å². The first-order chi connectivity index (χ1) is 7.70. The van der Waals surface area contributed by atoms with Gasteiger partial charge in [0.1, 0.15) is 0 Å². The number of hydrogen-bond donors (Lipinski definition) is 2. The summed E-state index contributed by atoms with van der Waals surface area (Å²) in [6.07, 6.45) is 1.92. The number of hydrogen-bond acceptors (Lipinski definition) is 4. The highest BCUT2D eigenvalue weighted by molar-refractivity contribution is 7.08. The molecule has 2 rings (SSSR count). The van der Waals surface area contributed by atoms with Gasteiger partial charge in [-0.2, -0.15) is 11.3 Å². The predicted molar refractivity (Wildman–Crippen MR) is 67.7 cm³/mol. The summed E-state index contributed by atoms with van der Waals surface area (Å²) in [5.41, 5.74) is 8.99. The average Bonchev–Trinajstić information content (AvgIpc) is 2.65. The van der Waals surface area contributed by atoms with Crippen LogP contribution in [-0.2, 0) is 11.3 Å². The Balaban J connectivity index is 1.77. The molecule has 0 amide bonds. The normalized spacial score (nSPS) is 19.9. The van der Waals surface area contributed by atoms with E-state index in [0.717, 1.165) is 39.1 Å². The molecule has 0 bridgehead atoms. The number of ether oxygens (including phenoxy) is 1. The molecular formula is C12H20N2OS. The molecular weight excluding hydrogens is 220 g/mol. The van der Waals surface area contributed by atoms with Crippen molar-refractivity contribution >= 4 is 11.3 Å². The lowest BCUT2D eigenvalue weighted by Gasteiger charge is -2.33. The monoisotopic (exact) mass is 240 g/mol. The molecule has 1 aliphatic rings. The largest absolute Gasteiger partial charge is 0.381 e. The van der Waals surface area contributed by atoms with Crippen molar-refractivity contribution in [3.05, 3.63) is 21.9 Å². The standard InChI is InChI=1S/C12H20N2OS/c1-10-7-16-8-11(10)6-14-9-12(13)2-4-15-5-3-12/h7-8,14H,2-6,9,13H2,1H3. The molecule has 0 radical (unpaired) electrons. The second-order valence-corrected chi connectivity index (χ2v) is 5.40. The van der Waals surface area contributed by atoms with Gasteiger partial charge in [0, 0.05) is 31.8 Å². The van der Waals surface area contributed by atoms with Crippen LogP contribution in [0.3, 0.4) is 0 Å². The van der Waals surface area contributed by atoms with E-state index in [2.05, 4.69) is 23.0 Å². The molecule has 0 aliphatic carbocycles. The minimum Gasteiger partial charge on any atom is -0.381 e. The minimum atomic E-state index is -0.0673. The lowest BCUT2D eigenvalue weighted by molar-refractivity contribution is 0.0531. The lowest BCUT2D eigenvalue weighted by Crippen LogP contribution is -2.52. The number of rotatable bonds is 4. The minimum absolute atomic E-state index is 0.0673. The molecule has 2 heterocycles. The van der Waals surface area contributed by atoms with Crippen molar-refractivity contribution in [1.29, 1.82) is 0 Å². The predicted octanol–water partition coefficient (Wildman–Crippen LogP) is 1.65. The number of nitrogens with one attached hydrogen (secondary N) is 1. The Morgan fingerprint density at radius 1 is 1.44 bits per heavy atom. The maximum Gasteiger partial charge on any atom is 0.0484 e. The van der Waals surface area contributed by atoms with Crippen LogP contribution in [0.2, 0.25) is 0 Å². The van der Waals surface area contributed by atoms with Gasteiger partial charge in [-0.3, -0.25) is 0 Å². The van der Waals surface area contributed by atoms with Crippen LogP contribution in [0.15, 0.2) is 10.8 Å². The van der Waals surface area contributed by atoms with Gasteiger partial charge in [0.2, 0.25) is 0 Å². The van der Waals surface area contributed by atoms with E-state index in [1.54, 1.807) is 11.3 Å². The molecule has 1 aromatic heterocycles. The van der Waals surface area contributed by atoms with Crippen molar-refractivity contribution < 1.29 is 4.74 Å². The van der Waals surface area contributed by atoms with Crippen molar-refractivity contribution in [3.63, 3.8) is 0 Å². The molecule has 0 unspecified atom stereocenters. The van der Waals surface area contributed by atoms with Crippen molar-refractivity contribution in [2.45, 2.75) is 31.8 Å². The summed E-state index contributed by atoms with van der Waals surface area (Å²) in [5.74, 6) is 0. The van der Waals surface area contributed by atoms with Crippen LogP contribution in [0, 0.1) is 6.92 Å². The van der Waals surface area contributed by atoms with E-state index in [1.807, 2.05) is 0 Å². The summed E-state index contributed by atoms with van der Waals surface area (Å²) in [6, 6.07) is 0. The van der Waals surface area contributed by atoms with Crippen LogP contribution in [0.5, 0.6) is 0 Å². The molecule has 0 aromatic carbocycles. The van der Waals surface area contributed by atoms with Gasteiger partial charge in [-0.1, -0.05) is 0 Å². The third-order valence-corrected chi connectivity index (χ3v) is 4.15. The average molecular weight is 240 g/mol. The Morgan fingerprint density at radius 2 is 2.19 bits per heavy atom. The van der Waals surface area contributed by atoms with Crippen LogP contribution in [-0.4, -0.2) is 25.3 Å². The summed E-state index contributed by atoms with van der Waals surface area (Å²) in [7, 11) is 0. The van der Waals surface area contributed by atoms with E-state index in [4.69, 9.17) is 10.5 Å². The number of nitrogens with two attached hydrogens (primary N) is 1. The van der Waals surface area contributed by atoms with Gasteiger partial charge in [0.05, 0.1) is 0 Å². The van der Waals surface area contributed by atoms with Crippen LogP contribution in [0.25, 0.3) is 0 Å². The zero-order valence-corrected chi connectivity index (χ0v) is 10.6. The maximum absolute atomic E-state index is 6.30. The van der Waals surface area contributed by atoms with E-state index in [-0.39, 0.29) is 5.54 Å².